The van der Waals surface area contributed by atoms with Gasteiger partial charge in [0.25, 0.3) is 5.91 Å². The second kappa shape index (κ2) is 5.98. The molecule has 0 unspecified atom stereocenters. The molecule has 2 fully saturated rings. The molecular weight excluding hydrogens is 301 g/mol. The second-order valence-electron chi connectivity index (χ2n) is 5.98. The van der Waals surface area contributed by atoms with E-state index in [1.807, 2.05) is 0 Å². The summed E-state index contributed by atoms with van der Waals surface area (Å²) in [4.78, 5) is 38.8. The fourth-order valence-electron chi connectivity index (χ4n) is 2.59. The molecule has 0 aromatic heterocycles. The molecule has 1 aromatic rings. The van der Waals surface area contributed by atoms with Crippen LogP contribution in [-0.4, -0.2) is 41.9 Å². The van der Waals surface area contributed by atoms with E-state index in [4.69, 9.17) is 0 Å². The topological polar surface area (TPSA) is 69.7 Å². The first-order chi connectivity index (χ1) is 11.0. The lowest BCUT2D eigenvalue weighted by Gasteiger charge is -2.19. The van der Waals surface area contributed by atoms with E-state index in [-0.39, 0.29) is 12.5 Å². The molecule has 1 N–H and O–H groups in total. The molecule has 6 nitrogen and oxygen atoms in total. The van der Waals surface area contributed by atoms with E-state index < -0.39 is 23.8 Å². The Morgan fingerprint density at radius 3 is 2.52 bits per heavy atom. The van der Waals surface area contributed by atoms with E-state index in [1.165, 1.54) is 29.2 Å². The molecule has 1 atom stereocenters. The summed E-state index contributed by atoms with van der Waals surface area (Å²) >= 11 is 0. The van der Waals surface area contributed by atoms with E-state index >= 15 is 0 Å². The number of rotatable bonds is 5. The number of imide groups is 1. The van der Waals surface area contributed by atoms with Crippen molar-refractivity contribution in [2.24, 2.45) is 5.92 Å². The zero-order valence-corrected chi connectivity index (χ0v) is 12.8. The molecule has 1 aliphatic heterocycles. The number of nitrogens with one attached hydrogen (secondary N) is 1. The molecular formula is C16H18FN3O3. The Hall–Kier alpha value is -2.44. The van der Waals surface area contributed by atoms with E-state index in [9.17, 15) is 18.8 Å². The minimum atomic E-state index is -0.718. The van der Waals surface area contributed by atoms with Gasteiger partial charge in [-0.15, -0.1) is 0 Å². The van der Waals surface area contributed by atoms with Crippen LogP contribution < -0.4 is 10.2 Å². The van der Waals surface area contributed by atoms with Gasteiger partial charge in [-0.3, -0.25) is 19.4 Å². The van der Waals surface area contributed by atoms with Gasteiger partial charge in [0, 0.05) is 12.2 Å². The average molecular weight is 319 g/mol. The summed E-state index contributed by atoms with van der Waals surface area (Å²) in [7, 11) is 0. The van der Waals surface area contributed by atoms with Gasteiger partial charge in [0.15, 0.2) is 0 Å². The van der Waals surface area contributed by atoms with Crippen LogP contribution >= 0.6 is 0 Å². The Kier molecular flexibility index (Phi) is 4.02. The lowest BCUT2D eigenvalue weighted by atomic mass is 10.2. The first-order valence-electron chi connectivity index (χ1n) is 7.64. The number of halogens is 1. The molecule has 1 heterocycles. The molecule has 0 bridgehead atoms. The van der Waals surface area contributed by atoms with Crippen molar-refractivity contribution >= 4 is 23.5 Å². The summed E-state index contributed by atoms with van der Waals surface area (Å²) < 4.78 is 13.0. The van der Waals surface area contributed by atoms with Crippen LogP contribution in [0, 0.1) is 11.7 Å². The smallest absolute Gasteiger partial charge is 0.332 e. The van der Waals surface area contributed by atoms with Crippen molar-refractivity contribution in [2.75, 3.05) is 18.0 Å². The summed E-state index contributed by atoms with van der Waals surface area (Å²) in [6.07, 6.45) is 2.22. The van der Waals surface area contributed by atoms with E-state index in [1.54, 1.807) is 6.92 Å². The third-order valence-electron chi connectivity index (χ3n) is 4.14. The van der Waals surface area contributed by atoms with Crippen molar-refractivity contribution in [1.82, 2.24) is 10.2 Å². The van der Waals surface area contributed by atoms with Gasteiger partial charge in [0.2, 0.25) is 5.91 Å². The molecule has 1 aromatic carbocycles. The summed E-state index contributed by atoms with van der Waals surface area (Å²) in [5, 5.41) is 2.74. The minimum Gasteiger partial charge on any atom is -0.354 e. The fraction of sp³-hybridized carbons (Fsp3) is 0.438. The normalized spacial score (nSPS) is 21.0. The Labute approximate surface area is 133 Å². The van der Waals surface area contributed by atoms with E-state index in [0.29, 0.717) is 18.2 Å². The number of amides is 4. The monoisotopic (exact) mass is 319 g/mol. The molecule has 23 heavy (non-hydrogen) atoms. The van der Waals surface area contributed by atoms with Gasteiger partial charge in [0.05, 0.1) is 0 Å². The van der Waals surface area contributed by atoms with Crippen LogP contribution in [0.3, 0.4) is 0 Å². The van der Waals surface area contributed by atoms with Gasteiger partial charge in [-0.1, -0.05) is 0 Å². The summed E-state index contributed by atoms with van der Waals surface area (Å²) in [5.41, 5.74) is 0.429. The average Bonchev–Trinajstić information content (AvgIpc) is 3.33. The number of anilines is 1. The molecule has 7 heteroatoms. The van der Waals surface area contributed by atoms with Gasteiger partial charge >= 0.3 is 6.03 Å². The van der Waals surface area contributed by atoms with Crippen molar-refractivity contribution in [3.8, 4) is 0 Å². The quantitative estimate of drug-likeness (QED) is 0.836. The van der Waals surface area contributed by atoms with Gasteiger partial charge in [0.1, 0.15) is 18.4 Å². The summed E-state index contributed by atoms with van der Waals surface area (Å²) in [6.45, 7) is 1.89. The van der Waals surface area contributed by atoms with Crippen molar-refractivity contribution in [3.05, 3.63) is 30.1 Å². The van der Waals surface area contributed by atoms with Gasteiger partial charge in [-0.2, -0.15) is 0 Å². The lowest BCUT2D eigenvalue weighted by Crippen LogP contribution is -2.42. The van der Waals surface area contributed by atoms with Crippen LogP contribution in [0.25, 0.3) is 0 Å². The van der Waals surface area contributed by atoms with Crippen LogP contribution in [0.5, 0.6) is 0 Å². The summed E-state index contributed by atoms with van der Waals surface area (Å²) in [5.74, 6) is -0.665. The van der Waals surface area contributed by atoms with Gasteiger partial charge < -0.3 is 5.32 Å². The molecule has 2 aliphatic rings. The standard InChI is InChI=1S/C16H18FN3O3/c1-10-15(22)19(9-14(21)18-8-11-2-3-11)16(23)20(10)13-6-4-12(17)5-7-13/h4-7,10-11H,2-3,8-9H2,1H3,(H,18,21)/t10-/m1/s1. The Morgan fingerprint density at radius 2 is 1.91 bits per heavy atom. The highest BCUT2D eigenvalue weighted by atomic mass is 19.1. The molecule has 1 saturated heterocycles. The maximum absolute atomic E-state index is 13.0. The number of hydrogen-bond acceptors (Lipinski definition) is 3. The van der Waals surface area contributed by atoms with Crippen LogP contribution in [0.2, 0.25) is 0 Å². The van der Waals surface area contributed by atoms with E-state index in [2.05, 4.69) is 5.32 Å². The van der Waals surface area contributed by atoms with Crippen molar-refractivity contribution in [2.45, 2.75) is 25.8 Å². The van der Waals surface area contributed by atoms with Gasteiger partial charge in [-0.05, 0) is 49.9 Å². The Balaban J connectivity index is 1.69. The highest BCUT2D eigenvalue weighted by Crippen LogP contribution is 2.28. The minimum absolute atomic E-state index is 0.285. The maximum atomic E-state index is 13.0. The molecule has 0 spiro atoms. The number of carbonyl (C=O) groups excluding carboxylic acids is 3. The number of benzene rings is 1. The zero-order chi connectivity index (χ0) is 16.6. The van der Waals surface area contributed by atoms with Crippen molar-refractivity contribution in [1.29, 1.82) is 0 Å². The number of nitrogens with zero attached hydrogens (tertiary/aromatic N) is 2. The lowest BCUT2D eigenvalue weighted by molar-refractivity contribution is -0.131. The zero-order valence-electron chi connectivity index (χ0n) is 12.8. The second-order valence-corrected chi connectivity index (χ2v) is 5.98. The number of hydrogen-bond donors (Lipinski definition) is 1. The largest absolute Gasteiger partial charge is 0.354 e. The van der Waals surface area contributed by atoms with Gasteiger partial charge in [-0.25, -0.2) is 9.18 Å². The van der Waals surface area contributed by atoms with Crippen molar-refractivity contribution in [3.63, 3.8) is 0 Å². The van der Waals surface area contributed by atoms with Crippen molar-refractivity contribution < 1.29 is 18.8 Å². The Bertz CT molecular complexity index is 642. The number of urea groups is 1. The predicted molar refractivity (Wildman–Crippen MR) is 81.2 cm³/mol. The van der Waals surface area contributed by atoms with Crippen LogP contribution in [-0.2, 0) is 9.59 Å². The molecule has 4 amide bonds. The number of carbonyl (C=O) groups is 3. The molecule has 0 radical (unpaired) electrons. The third kappa shape index (κ3) is 3.18. The van der Waals surface area contributed by atoms with Crippen LogP contribution in [0.1, 0.15) is 19.8 Å². The predicted octanol–water partition coefficient (Wildman–Crippen LogP) is 1.51. The first-order valence-corrected chi connectivity index (χ1v) is 7.64. The molecule has 1 saturated carbocycles. The first kappa shape index (κ1) is 15.5. The highest BCUT2D eigenvalue weighted by Gasteiger charge is 2.44. The van der Waals surface area contributed by atoms with Crippen LogP contribution in [0.4, 0.5) is 14.9 Å². The third-order valence-corrected chi connectivity index (χ3v) is 4.14. The summed E-state index contributed by atoms with van der Waals surface area (Å²) in [6, 6.07) is 4.05. The fourth-order valence-corrected chi connectivity index (χ4v) is 2.59. The van der Waals surface area contributed by atoms with Crippen LogP contribution in [0.15, 0.2) is 24.3 Å². The maximum Gasteiger partial charge on any atom is 0.332 e. The molecule has 122 valence electrons. The molecule has 1 aliphatic carbocycles. The van der Waals surface area contributed by atoms with E-state index in [0.717, 1.165) is 17.7 Å². The highest BCUT2D eigenvalue weighted by molar-refractivity contribution is 6.15. The Morgan fingerprint density at radius 1 is 1.26 bits per heavy atom. The SMILES string of the molecule is C[C@@H]1C(=O)N(CC(=O)NCC2CC2)C(=O)N1c1ccc(F)cc1. The molecule has 3 rings (SSSR count).